The van der Waals surface area contributed by atoms with Crippen LogP contribution in [0, 0.1) is 12.7 Å². The lowest BCUT2D eigenvalue weighted by Crippen LogP contribution is -2.13. The molecule has 3 aromatic rings. The summed E-state index contributed by atoms with van der Waals surface area (Å²) in [6.45, 7) is 7.07. The third kappa shape index (κ3) is 3.71. The SMILES string of the molecule is C=C(CCc1cc(F)cc2c1OCOC2)c1c(C)cccc1-c1ccccc1. The van der Waals surface area contributed by atoms with Crippen molar-refractivity contribution in [2.24, 2.45) is 0 Å². The van der Waals surface area contributed by atoms with Crippen LogP contribution >= 0.6 is 0 Å². The third-order valence-electron chi connectivity index (χ3n) is 5.16. The molecule has 0 radical (unpaired) electrons. The summed E-state index contributed by atoms with van der Waals surface area (Å²) in [7, 11) is 0. The molecule has 0 aliphatic carbocycles. The maximum Gasteiger partial charge on any atom is 0.189 e. The van der Waals surface area contributed by atoms with Crippen LogP contribution in [-0.2, 0) is 17.8 Å². The highest BCUT2D eigenvalue weighted by Gasteiger charge is 2.18. The number of aryl methyl sites for hydroxylation is 2. The number of hydrogen-bond acceptors (Lipinski definition) is 2. The minimum atomic E-state index is -0.255. The lowest BCUT2D eigenvalue weighted by molar-refractivity contribution is -0.0172. The van der Waals surface area contributed by atoms with Crippen molar-refractivity contribution in [1.29, 1.82) is 0 Å². The van der Waals surface area contributed by atoms with Crippen molar-refractivity contribution < 1.29 is 13.9 Å². The monoisotopic (exact) mass is 374 g/mol. The largest absolute Gasteiger partial charge is 0.467 e. The van der Waals surface area contributed by atoms with Crippen LogP contribution in [0.1, 0.15) is 28.7 Å². The Morgan fingerprint density at radius 3 is 2.71 bits per heavy atom. The van der Waals surface area contributed by atoms with E-state index in [0.29, 0.717) is 13.0 Å². The summed E-state index contributed by atoms with van der Waals surface area (Å²) < 4.78 is 24.9. The Bertz CT molecular complexity index is 1010. The van der Waals surface area contributed by atoms with Gasteiger partial charge in [0.1, 0.15) is 11.6 Å². The lowest BCUT2D eigenvalue weighted by atomic mass is 9.89. The van der Waals surface area contributed by atoms with E-state index in [1.165, 1.54) is 28.3 Å². The van der Waals surface area contributed by atoms with Gasteiger partial charge in [0.2, 0.25) is 0 Å². The van der Waals surface area contributed by atoms with Gasteiger partial charge in [0, 0.05) is 5.56 Å². The van der Waals surface area contributed by atoms with Gasteiger partial charge in [-0.2, -0.15) is 0 Å². The molecule has 0 unspecified atom stereocenters. The molecule has 2 nitrogen and oxygen atoms in total. The quantitative estimate of drug-likeness (QED) is 0.521. The van der Waals surface area contributed by atoms with E-state index < -0.39 is 0 Å². The maximum atomic E-state index is 14.0. The normalized spacial score (nSPS) is 12.9. The Balaban J connectivity index is 1.62. The van der Waals surface area contributed by atoms with Crippen molar-refractivity contribution in [2.75, 3.05) is 6.79 Å². The highest BCUT2D eigenvalue weighted by Crippen LogP contribution is 2.35. The Morgan fingerprint density at radius 1 is 1.07 bits per heavy atom. The molecule has 0 spiro atoms. The molecule has 1 aliphatic rings. The Labute approximate surface area is 165 Å². The van der Waals surface area contributed by atoms with Crippen molar-refractivity contribution in [3.8, 4) is 16.9 Å². The van der Waals surface area contributed by atoms with Gasteiger partial charge >= 0.3 is 0 Å². The molecule has 0 amide bonds. The topological polar surface area (TPSA) is 18.5 Å². The van der Waals surface area contributed by atoms with Crippen molar-refractivity contribution in [3.63, 3.8) is 0 Å². The fourth-order valence-electron chi connectivity index (χ4n) is 3.85. The van der Waals surface area contributed by atoms with Crippen LogP contribution in [0.15, 0.2) is 67.2 Å². The number of hydrogen-bond donors (Lipinski definition) is 0. The minimum Gasteiger partial charge on any atom is -0.467 e. The Hall–Kier alpha value is -2.91. The van der Waals surface area contributed by atoms with Crippen LogP contribution in [0.5, 0.6) is 5.75 Å². The zero-order chi connectivity index (χ0) is 19.5. The predicted molar refractivity (Wildman–Crippen MR) is 111 cm³/mol. The minimum absolute atomic E-state index is 0.211. The van der Waals surface area contributed by atoms with Crippen LogP contribution in [-0.4, -0.2) is 6.79 Å². The molecule has 1 heterocycles. The second-order valence-corrected chi connectivity index (χ2v) is 7.13. The van der Waals surface area contributed by atoms with Crippen LogP contribution in [0.25, 0.3) is 16.7 Å². The Morgan fingerprint density at radius 2 is 1.89 bits per heavy atom. The number of halogens is 1. The molecule has 3 aromatic carbocycles. The van der Waals surface area contributed by atoms with Crippen LogP contribution < -0.4 is 4.74 Å². The van der Waals surface area contributed by atoms with E-state index in [9.17, 15) is 4.39 Å². The summed E-state index contributed by atoms with van der Waals surface area (Å²) in [5, 5.41) is 0. The zero-order valence-corrected chi connectivity index (χ0v) is 16.0. The highest BCUT2D eigenvalue weighted by molar-refractivity contribution is 5.82. The number of allylic oxidation sites excluding steroid dienone is 1. The fraction of sp³-hybridized carbons (Fsp3) is 0.200. The average Bonchev–Trinajstić information content (AvgIpc) is 2.72. The van der Waals surface area contributed by atoms with E-state index in [4.69, 9.17) is 9.47 Å². The van der Waals surface area contributed by atoms with Gasteiger partial charge in [0.05, 0.1) is 6.61 Å². The molecular formula is C25H23FO2. The molecule has 0 N–H and O–H groups in total. The Kier molecular flexibility index (Phi) is 5.27. The molecule has 1 aliphatic heterocycles. The van der Waals surface area contributed by atoms with Crippen molar-refractivity contribution in [1.82, 2.24) is 0 Å². The number of rotatable bonds is 5. The van der Waals surface area contributed by atoms with Crippen molar-refractivity contribution >= 4 is 5.57 Å². The van der Waals surface area contributed by atoms with Crippen LogP contribution in [0.2, 0.25) is 0 Å². The molecule has 0 fully saturated rings. The van der Waals surface area contributed by atoms with Gasteiger partial charge in [0.25, 0.3) is 0 Å². The summed E-state index contributed by atoms with van der Waals surface area (Å²) in [5.41, 5.74) is 7.40. The smallest absolute Gasteiger partial charge is 0.189 e. The summed E-state index contributed by atoms with van der Waals surface area (Å²) in [4.78, 5) is 0. The molecule has 3 heteroatoms. The first kappa shape index (κ1) is 18.5. The third-order valence-corrected chi connectivity index (χ3v) is 5.16. The standard InChI is InChI=1S/C25H23FO2/c1-17-7-6-10-23(19-8-4-3-5-9-19)24(17)18(2)11-12-20-13-22(26)14-21-15-27-16-28-25(20)21/h3-10,13-14H,2,11-12,15-16H2,1H3. The summed E-state index contributed by atoms with van der Waals surface area (Å²) in [5.74, 6) is 0.503. The van der Waals surface area contributed by atoms with Crippen molar-refractivity contribution in [2.45, 2.75) is 26.4 Å². The lowest BCUT2D eigenvalue weighted by Gasteiger charge is -2.21. The second-order valence-electron chi connectivity index (χ2n) is 7.13. The molecule has 0 aromatic heterocycles. The molecule has 0 atom stereocenters. The van der Waals surface area contributed by atoms with Gasteiger partial charge < -0.3 is 9.47 Å². The summed E-state index contributed by atoms with van der Waals surface area (Å²) in [6, 6.07) is 19.7. The predicted octanol–water partition coefficient (Wildman–Crippen LogP) is 6.31. The first-order valence-electron chi connectivity index (χ1n) is 9.48. The van der Waals surface area contributed by atoms with E-state index in [-0.39, 0.29) is 12.6 Å². The van der Waals surface area contributed by atoms with Gasteiger partial charge in [0.15, 0.2) is 6.79 Å². The van der Waals surface area contributed by atoms with Crippen LogP contribution in [0.4, 0.5) is 4.39 Å². The van der Waals surface area contributed by atoms with Gasteiger partial charge in [-0.15, -0.1) is 0 Å². The molecular weight excluding hydrogens is 351 g/mol. The van der Waals surface area contributed by atoms with E-state index in [2.05, 4.69) is 43.8 Å². The molecule has 4 rings (SSSR count). The first-order valence-corrected chi connectivity index (χ1v) is 9.48. The first-order chi connectivity index (χ1) is 13.6. The van der Waals surface area contributed by atoms with Gasteiger partial charge in [-0.3, -0.25) is 0 Å². The van der Waals surface area contributed by atoms with Gasteiger partial charge in [-0.1, -0.05) is 55.1 Å². The number of benzene rings is 3. The number of ether oxygens (including phenoxy) is 2. The average molecular weight is 374 g/mol. The number of fused-ring (bicyclic) bond motifs is 1. The van der Waals surface area contributed by atoms with Gasteiger partial charge in [-0.25, -0.2) is 4.39 Å². The summed E-state index contributed by atoms with van der Waals surface area (Å²) >= 11 is 0. The fourth-order valence-corrected chi connectivity index (χ4v) is 3.85. The molecule has 28 heavy (non-hydrogen) atoms. The molecule has 142 valence electrons. The zero-order valence-electron chi connectivity index (χ0n) is 16.0. The van der Waals surface area contributed by atoms with E-state index in [1.807, 2.05) is 18.2 Å². The molecule has 0 saturated carbocycles. The van der Waals surface area contributed by atoms with E-state index in [0.717, 1.165) is 28.9 Å². The molecule has 0 saturated heterocycles. The van der Waals surface area contributed by atoms with E-state index in [1.54, 1.807) is 6.07 Å². The maximum absolute atomic E-state index is 14.0. The van der Waals surface area contributed by atoms with Crippen LogP contribution in [0.3, 0.4) is 0 Å². The highest BCUT2D eigenvalue weighted by atomic mass is 19.1. The second kappa shape index (κ2) is 7.99. The molecule has 0 bridgehead atoms. The summed E-state index contributed by atoms with van der Waals surface area (Å²) in [6.07, 6.45) is 1.40. The van der Waals surface area contributed by atoms with Crippen molar-refractivity contribution in [3.05, 3.63) is 95.3 Å². The van der Waals surface area contributed by atoms with E-state index >= 15 is 0 Å². The van der Waals surface area contributed by atoms with Gasteiger partial charge in [-0.05, 0) is 65.3 Å².